The summed E-state index contributed by atoms with van der Waals surface area (Å²) in [5.41, 5.74) is 2.33. The Balaban J connectivity index is 1.75. The largest absolute Gasteiger partial charge is 0.497 e. The second-order valence-corrected chi connectivity index (χ2v) is 8.64. The summed E-state index contributed by atoms with van der Waals surface area (Å²) in [6.07, 6.45) is 3.87. The molecule has 6 heteroatoms. The van der Waals surface area contributed by atoms with Gasteiger partial charge in [0.2, 0.25) is 0 Å². The SMILES string of the molecule is COc1ccc2c(c1)N(C)C1C(O)C(O)C3C=CCN4PCC21C34. The molecule has 1 spiro atoms. The Hall–Kier alpha value is -1.13. The summed E-state index contributed by atoms with van der Waals surface area (Å²) in [4.78, 5) is 2.17. The van der Waals surface area contributed by atoms with Crippen LogP contribution in [0.5, 0.6) is 5.75 Å². The number of likely N-dealkylation sites (N-methyl/N-ethyl adjacent to an activating group) is 1. The van der Waals surface area contributed by atoms with E-state index in [4.69, 9.17) is 4.74 Å². The lowest BCUT2D eigenvalue weighted by Gasteiger charge is -2.53. The van der Waals surface area contributed by atoms with Gasteiger partial charge in [-0.3, -0.25) is 4.67 Å². The lowest BCUT2D eigenvalue weighted by molar-refractivity contribution is -0.0869. The third kappa shape index (κ3) is 1.60. The number of nitrogens with zero attached hydrogens (tertiary/aromatic N) is 2. The van der Waals surface area contributed by atoms with Gasteiger partial charge < -0.3 is 19.8 Å². The van der Waals surface area contributed by atoms with Crippen LogP contribution in [0.4, 0.5) is 5.69 Å². The summed E-state index contributed by atoms with van der Waals surface area (Å²) in [6.45, 7) is 0.950. The van der Waals surface area contributed by atoms with E-state index in [9.17, 15) is 10.2 Å². The van der Waals surface area contributed by atoms with Crippen molar-refractivity contribution in [2.75, 3.05) is 31.8 Å². The Labute approximate surface area is 143 Å². The lowest BCUT2D eigenvalue weighted by Crippen LogP contribution is -2.69. The van der Waals surface area contributed by atoms with Crippen LogP contribution in [0.2, 0.25) is 0 Å². The topological polar surface area (TPSA) is 56.2 Å². The lowest BCUT2D eigenvalue weighted by atomic mass is 9.59. The van der Waals surface area contributed by atoms with Gasteiger partial charge in [-0.25, -0.2) is 0 Å². The third-order valence-electron chi connectivity index (χ3n) is 6.56. The number of methoxy groups -OCH3 is 1. The molecule has 7 atom stereocenters. The van der Waals surface area contributed by atoms with E-state index in [0.29, 0.717) is 0 Å². The van der Waals surface area contributed by atoms with Gasteiger partial charge in [-0.05, 0) is 26.5 Å². The smallest absolute Gasteiger partial charge is 0.120 e. The standard InChI is InChI=1S/C18H23N2O3P/c1-19-13-8-10(23-2)5-6-12(13)18-9-24-20-7-3-4-11(16(18)20)14(21)15(22)17(18)19/h3-6,8,11,14-17,21-22,24H,7,9H2,1-2H3. The summed E-state index contributed by atoms with van der Waals surface area (Å²) in [7, 11) is 4.46. The van der Waals surface area contributed by atoms with Crippen LogP contribution in [0.15, 0.2) is 30.4 Å². The van der Waals surface area contributed by atoms with Crippen molar-refractivity contribution >= 4 is 14.4 Å². The first-order valence-electron chi connectivity index (χ1n) is 8.54. The highest BCUT2D eigenvalue weighted by molar-refractivity contribution is 7.35. The first-order chi connectivity index (χ1) is 11.6. The van der Waals surface area contributed by atoms with Crippen molar-refractivity contribution in [3.63, 3.8) is 0 Å². The third-order valence-corrected chi connectivity index (χ3v) is 8.17. The van der Waals surface area contributed by atoms with E-state index in [1.165, 1.54) is 5.56 Å². The predicted molar refractivity (Wildman–Crippen MR) is 95.2 cm³/mol. The molecule has 0 amide bonds. The molecule has 1 aromatic carbocycles. The second-order valence-electron chi connectivity index (χ2n) is 7.40. The van der Waals surface area contributed by atoms with Gasteiger partial charge in [0, 0.05) is 42.7 Å². The van der Waals surface area contributed by atoms with E-state index in [1.54, 1.807) is 7.11 Å². The zero-order valence-corrected chi connectivity index (χ0v) is 14.9. The number of hydrogen-bond donors (Lipinski definition) is 2. The molecule has 7 unspecified atom stereocenters. The number of hydrogen-bond acceptors (Lipinski definition) is 5. The molecule has 0 bridgehead atoms. The predicted octanol–water partition coefficient (Wildman–Crippen LogP) is 0.950. The van der Waals surface area contributed by atoms with Crippen molar-refractivity contribution in [3.05, 3.63) is 35.9 Å². The Morgan fingerprint density at radius 1 is 1.25 bits per heavy atom. The van der Waals surface area contributed by atoms with Crippen LogP contribution >= 0.6 is 8.73 Å². The first-order valence-corrected chi connectivity index (χ1v) is 9.69. The van der Waals surface area contributed by atoms with Crippen LogP contribution in [0, 0.1) is 5.92 Å². The first kappa shape index (κ1) is 15.2. The zero-order chi connectivity index (χ0) is 16.6. The van der Waals surface area contributed by atoms with Gasteiger partial charge in [0.15, 0.2) is 0 Å². The number of benzene rings is 1. The van der Waals surface area contributed by atoms with E-state index < -0.39 is 12.2 Å². The molecule has 1 aliphatic carbocycles. The number of aliphatic hydroxyl groups excluding tert-OH is 2. The molecule has 2 fully saturated rings. The van der Waals surface area contributed by atoms with Crippen LogP contribution < -0.4 is 9.64 Å². The molecular weight excluding hydrogens is 323 g/mol. The maximum atomic E-state index is 11.0. The Morgan fingerprint density at radius 2 is 2.08 bits per heavy atom. The maximum absolute atomic E-state index is 11.0. The average Bonchev–Trinajstić information content (AvgIpc) is 3.11. The van der Waals surface area contributed by atoms with E-state index in [1.807, 2.05) is 13.1 Å². The van der Waals surface area contributed by atoms with Crippen molar-refractivity contribution < 1.29 is 14.9 Å². The zero-order valence-electron chi connectivity index (χ0n) is 13.9. The van der Waals surface area contributed by atoms with E-state index in [-0.39, 0.29) is 23.4 Å². The molecule has 24 heavy (non-hydrogen) atoms. The molecule has 1 saturated carbocycles. The minimum atomic E-state index is -0.748. The molecule has 0 radical (unpaired) electrons. The summed E-state index contributed by atoms with van der Waals surface area (Å²) < 4.78 is 7.93. The van der Waals surface area contributed by atoms with E-state index >= 15 is 0 Å². The fourth-order valence-electron chi connectivity index (χ4n) is 5.64. The van der Waals surface area contributed by atoms with E-state index in [2.05, 4.69) is 33.9 Å². The molecule has 3 aliphatic heterocycles. The Bertz CT molecular complexity index is 726. The Kier molecular flexibility index (Phi) is 3.12. The van der Waals surface area contributed by atoms with Crippen LogP contribution in [0.3, 0.4) is 0 Å². The van der Waals surface area contributed by atoms with Gasteiger partial charge in [-0.15, -0.1) is 0 Å². The highest BCUT2D eigenvalue weighted by Gasteiger charge is 2.68. The van der Waals surface area contributed by atoms with Gasteiger partial charge in [-0.2, -0.15) is 0 Å². The molecule has 5 nitrogen and oxygen atoms in total. The molecule has 5 rings (SSSR count). The van der Waals surface area contributed by atoms with Crippen molar-refractivity contribution in [2.24, 2.45) is 5.92 Å². The monoisotopic (exact) mass is 346 g/mol. The highest BCUT2D eigenvalue weighted by Crippen LogP contribution is 2.62. The number of aliphatic hydroxyl groups is 2. The minimum absolute atomic E-state index is 0.00134. The van der Waals surface area contributed by atoms with Crippen molar-refractivity contribution in [1.82, 2.24) is 4.67 Å². The van der Waals surface area contributed by atoms with Crippen molar-refractivity contribution in [2.45, 2.75) is 29.7 Å². The minimum Gasteiger partial charge on any atom is -0.497 e. The van der Waals surface area contributed by atoms with Crippen molar-refractivity contribution in [3.8, 4) is 5.75 Å². The van der Waals surface area contributed by atoms with Gasteiger partial charge in [0.05, 0.1) is 19.3 Å². The number of fused-ring (bicyclic) bond motifs is 1. The highest BCUT2D eigenvalue weighted by atomic mass is 31.1. The molecule has 1 aromatic rings. The molecule has 3 heterocycles. The average molecular weight is 346 g/mol. The maximum Gasteiger partial charge on any atom is 0.120 e. The summed E-state index contributed by atoms with van der Waals surface area (Å²) in [5, 5.41) is 21.8. The quantitative estimate of drug-likeness (QED) is 0.586. The van der Waals surface area contributed by atoms with Gasteiger partial charge in [-0.1, -0.05) is 18.2 Å². The van der Waals surface area contributed by atoms with Gasteiger partial charge in [0.25, 0.3) is 0 Å². The molecule has 2 N–H and O–H groups in total. The number of rotatable bonds is 1. The molecule has 128 valence electrons. The molecule has 4 aliphatic rings. The van der Waals surface area contributed by atoms with Crippen molar-refractivity contribution in [1.29, 1.82) is 0 Å². The molecule has 0 aromatic heterocycles. The summed E-state index contributed by atoms with van der Waals surface area (Å²) >= 11 is 0. The van der Waals surface area contributed by atoms with Gasteiger partial charge >= 0.3 is 0 Å². The van der Waals surface area contributed by atoms with Crippen LogP contribution in [-0.2, 0) is 5.41 Å². The van der Waals surface area contributed by atoms with Crippen LogP contribution in [0.1, 0.15) is 5.56 Å². The second kappa shape index (κ2) is 4.95. The van der Waals surface area contributed by atoms with Crippen LogP contribution in [-0.4, -0.2) is 66.0 Å². The summed E-state index contributed by atoms with van der Waals surface area (Å²) in [5.74, 6) is 0.838. The Morgan fingerprint density at radius 3 is 2.88 bits per heavy atom. The van der Waals surface area contributed by atoms with Gasteiger partial charge in [0.1, 0.15) is 11.9 Å². The van der Waals surface area contributed by atoms with Crippen LogP contribution in [0.25, 0.3) is 0 Å². The fourth-order valence-corrected chi connectivity index (χ4v) is 7.55. The fraction of sp³-hybridized carbons (Fsp3) is 0.556. The summed E-state index contributed by atoms with van der Waals surface area (Å²) in [6, 6.07) is 6.46. The normalized spacial score (nSPS) is 43.7. The number of ether oxygens (including phenoxy) is 1. The van der Waals surface area contributed by atoms with E-state index in [0.717, 1.165) is 32.9 Å². The molecule has 1 saturated heterocycles. The molecular formula is C18H23N2O3P. The number of anilines is 1.